The van der Waals surface area contributed by atoms with Crippen molar-refractivity contribution in [2.24, 2.45) is 0 Å². The van der Waals surface area contributed by atoms with Gasteiger partial charge in [-0.25, -0.2) is 4.68 Å². The number of rotatable bonds is 1. The number of aromatic hydroxyl groups is 1. The first-order valence-corrected chi connectivity index (χ1v) is 4.73. The lowest BCUT2D eigenvalue weighted by Gasteiger charge is -1.99. The SMILES string of the molecule is Oc1nc(Cl)nc2c1cnn2C1CC1. The summed E-state index contributed by atoms with van der Waals surface area (Å²) in [6.45, 7) is 0. The standard InChI is InChI=1S/C8H7ClN4O/c9-8-11-6-5(7(14)12-8)3-10-13(6)4-1-2-4/h3-4H,1-2H2,(H,11,12,14). The van der Waals surface area contributed by atoms with Gasteiger partial charge < -0.3 is 5.11 Å². The minimum absolute atomic E-state index is 0.0531. The van der Waals surface area contributed by atoms with Crippen molar-refractivity contribution < 1.29 is 5.11 Å². The normalized spacial score (nSPS) is 16.4. The molecule has 0 amide bonds. The fourth-order valence-corrected chi connectivity index (χ4v) is 1.63. The molecule has 1 aliphatic rings. The minimum Gasteiger partial charge on any atom is -0.493 e. The lowest BCUT2D eigenvalue weighted by Crippen LogP contribution is -1.97. The third-order valence-corrected chi connectivity index (χ3v) is 2.47. The molecule has 0 bridgehead atoms. The highest BCUT2D eigenvalue weighted by atomic mass is 35.5. The summed E-state index contributed by atoms with van der Waals surface area (Å²) < 4.78 is 1.79. The lowest BCUT2D eigenvalue weighted by molar-refractivity contribution is 0.459. The number of fused-ring (bicyclic) bond motifs is 1. The van der Waals surface area contributed by atoms with Gasteiger partial charge in [-0.15, -0.1) is 0 Å². The van der Waals surface area contributed by atoms with Crippen LogP contribution in [-0.4, -0.2) is 24.9 Å². The van der Waals surface area contributed by atoms with Gasteiger partial charge in [0, 0.05) is 0 Å². The van der Waals surface area contributed by atoms with Crippen molar-refractivity contribution in [3.63, 3.8) is 0 Å². The Kier molecular flexibility index (Phi) is 1.47. The molecule has 6 heteroatoms. The lowest BCUT2D eigenvalue weighted by atomic mass is 10.4. The van der Waals surface area contributed by atoms with Crippen molar-refractivity contribution in [3.8, 4) is 5.88 Å². The van der Waals surface area contributed by atoms with Gasteiger partial charge in [0.2, 0.25) is 11.2 Å². The molecule has 3 rings (SSSR count). The quantitative estimate of drug-likeness (QED) is 0.725. The first-order chi connectivity index (χ1) is 6.75. The second kappa shape index (κ2) is 2.57. The predicted molar refractivity (Wildman–Crippen MR) is 50.3 cm³/mol. The Labute approximate surface area is 84.3 Å². The predicted octanol–water partition coefficient (Wildman–Crippen LogP) is 1.52. The molecule has 0 radical (unpaired) electrons. The summed E-state index contributed by atoms with van der Waals surface area (Å²) in [5, 5.41) is 14.2. The van der Waals surface area contributed by atoms with Crippen LogP contribution in [-0.2, 0) is 0 Å². The average Bonchev–Trinajstić information content (AvgIpc) is 2.87. The Balaban J connectivity index is 2.33. The minimum atomic E-state index is -0.105. The highest BCUT2D eigenvalue weighted by Crippen LogP contribution is 2.37. The van der Waals surface area contributed by atoms with Gasteiger partial charge in [0.15, 0.2) is 5.65 Å². The number of aromatic nitrogens is 4. The van der Waals surface area contributed by atoms with Gasteiger partial charge in [-0.2, -0.15) is 15.1 Å². The number of hydrogen-bond donors (Lipinski definition) is 1. The van der Waals surface area contributed by atoms with Gasteiger partial charge in [-0.3, -0.25) is 0 Å². The molecule has 1 N–H and O–H groups in total. The molecule has 1 aliphatic carbocycles. The van der Waals surface area contributed by atoms with Gasteiger partial charge in [0.25, 0.3) is 0 Å². The van der Waals surface area contributed by atoms with Gasteiger partial charge in [-0.05, 0) is 24.4 Å². The fourth-order valence-electron chi connectivity index (χ4n) is 1.47. The molecular formula is C8H7ClN4O. The molecular weight excluding hydrogens is 204 g/mol. The summed E-state index contributed by atoms with van der Waals surface area (Å²) in [6, 6.07) is 0.415. The van der Waals surface area contributed by atoms with Gasteiger partial charge in [-0.1, -0.05) is 0 Å². The molecule has 0 unspecified atom stereocenters. The molecule has 2 heterocycles. The third-order valence-electron chi connectivity index (χ3n) is 2.30. The van der Waals surface area contributed by atoms with Crippen LogP contribution in [0.15, 0.2) is 6.20 Å². The van der Waals surface area contributed by atoms with E-state index in [1.54, 1.807) is 10.9 Å². The molecule has 5 nitrogen and oxygen atoms in total. The van der Waals surface area contributed by atoms with Crippen LogP contribution in [0.2, 0.25) is 5.28 Å². The molecule has 1 fully saturated rings. The van der Waals surface area contributed by atoms with E-state index in [-0.39, 0.29) is 11.2 Å². The summed E-state index contributed by atoms with van der Waals surface area (Å²) in [7, 11) is 0. The van der Waals surface area contributed by atoms with Crippen LogP contribution < -0.4 is 0 Å². The molecule has 0 atom stereocenters. The Hall–Kier alpha value is -1.36. The van der Waals surface area contributed by atoms with Crippen molar-refractivity contribution >= 4 is 22.6 Å². The number of halogens is 1. The summed E-state index contributed by atoms with van der Waals surface area (Å²) in [5.41, 5.74) is 0.616. The van der Waals surface area contributed by atoms with E-state index in [4.69, 9.17) is 11.6 Å². The maximum absolute atomic E-state index is 9.48. The van der Waals surface area contributed by atoms with E-state index in [1.165, 1.54) is 0 Å². The second-order valence-corrected chi connectivity index (χ2v) is 3.71. The van der Waals surface area contributed by atoms with E-state index in [9.17, 15) is 5.11 Å². The molecule has 72 valence electrons. The van der Waals surface area contributed by atoms with Crippen LogP contribution >= 0.6 is 11.6 Å². The molecule has 2 aromatic heterocycles. The zero-order valence-electron chi connectivity index (χ0n) is 7.18. The first kappa shape index (κ1) is 7.99. The van der Waals surface area contributed by atoms with E-state index in [0.717, 1.165) is 12.8 Å². The van der Waals surface area contributed by atoms with Gasteiger partial charge in [0.1, 0.15) is 5.39 Å². The molecule has 0 spiro atoms. The maximum Gasteiger partial charge on any atom is 0.227 e. The van der Waals surface area contributed by atoms with Crippen LogP contribution in [0.1, 0.15) is 18.9 Å². The Morgan fingerprint density at radius 2 is 2.21 bits per heavy atom. The molecule has 0 aromatic carbocycles. The van der Waals surface area contributed by atoms with Crippen molar-refractivity contribution in [2.45, 2.75) is 18.9 Å². The summed E-state index contributed by atoms with van der Waals surface area (Å²) in [6.07, 6.45) is 3.79. The van der Waals surface area contributed by atoms with Gasteiger partial charge >= 0.3 is 0 Å². The largest absolute Gasteiger partial charge is 0.493 e. The fraction of sp³-hybridized carbons (Fsp3) is 0.375. The van der Waals surface area contributed by atoms with Crippen molar-refractivity contribution in [1.29, 1.82) is 0 Å². The number of hydrogen-bond acceptors (Lipinski definition) is 4. The molecule has 0 saturated heterocycles. The summed E-state index contributed by atoms with van der Waals surface area (Å²) in [4.78, 5) is 7.70. The topological polar surface area (TPSA) is 63.8 Å². The second-order valence-electron chi connectivity index (χ2n) is 3.37. The Morgan fingerprint density at radius 3 is 2.93 bits per heavy atom. The van der Waals surface area contributed by atoms with Crippen molar-refractivity contribution in [3.05, 3.63) is 11.5 Å². The van der Waals surface area contributed by atoms with Gasteiger partial charge in [0.05, 0.1) is 12.2 Å². The van der Waals surface area contributed by atoms with Crippen molar-refractivity contribution in [1.82, 2.24) is 19.7 Å². The van der Waals surface area contributed by atoms with Crippen molar-refractivity contribution in [2.75, 3.05) is 0 Å². The molecule has 1 saturated carbocycles. The van der Waals surface area contributed by atoms with E-state index in [0.29, 0.717) is 17.1 Å². The summed E-state index contributed by atoms with van der Waals surface area (Å²) in [5.74, 6) is -0.105. The van der Waals surface area contributed by atoms with E-state index in [1.807, 2.05) is 0 Å². The van der Waals surface area contributed by atoms with Crippen LogP contribution in [0, 0.1) is 0 Å². The highest BCUT2D eigenvalue weighted by molar-refractivity contribution is 6.28. The first-order valence-electron chi connectivity index (χ1n) is 4.35. The van der Waals surface area contributed by atoms with E-state index >= 15 is 0 Å². The Morgan fingerprint density at radius 1 is 1.43 bits per heavy atom. The van der Waals surface area contributed by atoms with Crippen LogP contribution in [0.25, 0.3) is 11.0 Å². The zero-order valence-corrected chi connectivity index (χ0v) is 7.94. The van der Waals surface area contributed by atoms with E-state index in [2.05, 4.69) is 15.1 Å². The van der Waals surface area contributed by atoms with E-state index < -0.39 is 0 Å². The summed E-state index contributed by atoms with van der Waals surface area (Å²) >= 11 is 5.65. The monoisotopic (exact) mass is 210 g/mol. The third kappa shape index (κ3) is 1.05. The molecule has 2 aromatic rings. The molecule has 0 aliphatic heterocycles. The smallest absolute Gasteiger partial charge is 0.227 e. The zero-order chi connectivity index (χ0) is 9.71. The molecule has 14 heavy (non-hydrogen) atoms. The van der Waals surface area contributed by atoms with Crippen LogP contribution in [0.3, 0.4) is 0 Å². The highest BCUT2D eigenvalue weighted by Gasteiger charge is 2.27. The van der Waals surface area contributed by atoms with Crippen LogP contribution in [0.4, 0.5) is 0 Å². The number of nitrogens with zero attached hydrogens (tertiary/aromatic N) is 4. The Bertz CT molecular complexity index is 505. The maximum atomic E-state index is 9.48. The van der Waals surface area contributed by atoms with Crippen LogP contribution in [0.5, 0.6) is 5.88 Å². The average molecular weight is 211 g/mol.